The maximum atomic E-state index is 11.5. The molecule has 0 unspecified atom stereocenters. The number of hydrogen-bond donors (Lipinski definition) is 0. The first-order chi connectivity index (χ1) is 8.60. The smallest absolute Gasteiger partial charge is 0.180 e. The SMILES string of the molecule is CCC(=O)c1ccc(N(CCC#N)C(C)C)cn1. The molecule has 0 saturated heterocycles. The minimum atomic E-state index is 0.0506. The lowest BCUT2D eigenvalue weighted by molar-refractivity contribution is 0.0983. The van der Waals surface area contributed by atoms with Gasteiger partial charge in [-0.25, -0.2) is 0 Å². The Labute approximate surface area is 108 Å². The van der Waals surface area contributed by atoms with Crippen LogP contribution in [-0.4, -0.2) is 23.4 Å². The van der Waals surface area contributed by atoms with E-state index in [0.29, 0.717) is 31.1 Å². The molecule has 18 heavy (non-hydrogen) atoms. The summed E-state index contributed by atoms with van der Waals surface area (Å²) in [4.78, 5) is 17.8. The zero-order valence-electron chi connectivity index (χ0n) is 11.2. The highest BCUT2D eigenvalue weighted by Gasteiger charge is 2.11. The first-order valence-electron chi connectivity index (χ1n) is 6.23. The zero-order chi connectivity index (χ0) is 13.5. The molecule has 0 amide bonds. The summed E-state index contributed by atoms with van der Waals surface area (Å²) in [5.74, 6) is 0.0506. The van der Waals surface area contributed by atoms with Crippen LogP contribution in [-0.2, 0) is 0 Å². The van der Waals surface area contributed by atoms with Crippen molar-refractivity contribution >= 4 is 11.5 Å². The Hall–Kier alpha value is -1.89. The molecule has 0 aliphatic heterocycles. The van der Waals surface area contributed by atoms with Crippen molar-refractivity contribution in [3.63, 3.8) is 0 Å². The molecule has 96 valence electrons. The van der Waals surface area contributed by atoms with Crippen molar-refractivity contribution < 1.29 is 4.79 Å². The highest BCUT2D eigenvalue weighted by Crippen LogP contribution is 2.17. The van der Waals surface area contributed by atoms with Gasteiger partial charge in [-0.3, -0.25) is 9.78 Å². The third kappa shape index (κ3) is 3.56. The van der Waals surface area contributed by atoms with Crippen LogP contribution < -0.4 is 4.90 Å². The molecule has 0 aliphatic carbocycles. The molecule has 1 rings (SSSR count). The van der Waals surface area contributed by atoms with E-state index in [9.17, 15) is 4.79 Å². The summed E-state index contributed by atoms with van der Waals surface area (Å²) in [6.45, 7) is 6.65. The van der Waals surface area contributed by atoms with E-state index in [4.69, 9.17) is 5.26 Å². The Kier molecular flexibility index (Phi) is 5.31. The van der Waals surface area contributed by atoms with Gasteiger partial charge in [-0.2, -0.15) is 5.26 Å². The Bertz CT molecular complexity index is 431. The largest absolute Gasteiger partial charge is 0.367 e. The lowest BCUT2D eigenvalue weighted by Gasteiger charge is -2.27. The summed E-state index contributed by atoms with van der Waals surface area (Å²) in [5.41, 5.74) is 1.46. The number of aromatic nitrogens is 1. The molecule has 0 N–H and O–H groups in total. The normalized spacial score (nSPS) is 10.2. The lowest BCUT2D eigenvalue weighted by Crippen LogP contribution is -2.31. The fourth-order valence-corrected chi connectivity index (χ4v) is 1.76. The van der Waals surface area contributed by atoms with Crippen LogP contribution in [0.3, 0.4) is 0 Å². The van der Waals surface area contributed by atoms with Crippen LogP contribution in [0.2, 0.25) is 0 Å². The number of anilines is 1. The molecular formula is C14H19N3O. The van der Waals surface area contributed by atoms with Gasteiger partial charge in [-0.1, -0.05) is 6.92 Å². The van der Waals surface area contributed by atoms with E-state index in [-0.39, 0.29) is 5.78 Å². The molecule has 0 spiro atoms. The second-order valence-corrected chi connectivity index (χ2v) is 4.37. The van der Waals surface area contributed by atoms with Gasteiger partial charge in [0.05, 0.1) is 24.4 Å². The molecule has 0 aromatic carbocycles. The fourth-order valence-electron chi connectivity index (χ4n) is 1.76. The second-order valence-electron chi connectivity index (χ2n) is 4.37. The van der Waals surface area contributed by atoms with E-state index in [2.05, 4.69) is 29.8 Å². The van der Waals surface area contributed by atoms with Crippen molar-refractivity contribution in [1.82, 2.24) is 4.98 Å². The molecule has 4 heteroatoms. The van der Waals surface area contributed by atoms with E-state index < -0.39 is 0 Å². The summed E-state index contributed by atoms with van der Waals surface area (Å²) in [7, 11) is 0. The summed E-state index contributed by atoms with van der Waals surface area (Å²) >= 11 is 0. The average molecular weight is 245 g/mol. The number of Topliss-reactive ketones (excluding diaryl/α,β-unsaturated/α-hetero) is 1. The number of hydrogen-bond acceptors (Lipinski definition) is 4. The highest BCUT2D eigenvalue weighted by molar-refractivity contribution is 5.94. The van der Waals surface area contributed by atoms with Crippen LogP contribution in [0.25, 0.3) is 0 Å². The minimum Gasteiger partial charge on any atom is -0.367 e. The van der Waals surface area contributed by atoms with Gasteiger partial charge >= 0.3 is 0 Å². The van der Waals surface area contributed by atoms with Crippen molar-refractivity contribution in [2.24, 2.45) is 0 Å². The van der Waals surface area contributed by atoms with Crippen molar-refractivity contribution in [2.45, 2.75) is 39.7 Å². The summed E-state index contributed by atoms with van der Waals surface area (Å²) in [6, 6.07) is 6.09. The average Bonchev–Trinajstić information content (AvgIpc) is 2.38. The fraction of sp³-hybridized carbons (Fsp3) is 0.500. The van der Waals surface area contributed by atoms with Crippen molar-refractivity contribution in [1.29, 1.82) is 5.26 Å². The summed E-state index contributed by atoms with van der Waals surface area (Å²) < 4.78 is 0. The first-order valence-corrected chi connectivity index (χ1v) is 6.23. The van der Waals surface area contributed by atoms with Crippen LogP contribution in [0.1, 0.15) is 44.1 Å². The lowest BCUT2D eigenvalue weighted by atomic mass is 10.2. The monoisotopic (exact) mass is 245 g/mol. The number of pyridine rings is 1. The van der Waals surface area contributed by atoms with Crippen LogP contribution >= 0.6 is 0 Å². The van der Waals surface area contributed by atoms with Gasteiger partial charge in [0.15, 0.2) is 5.78 Å². The van der Waals surface area contributed by atoms with Crippen LogP contribution in [0.15, 0.2) is 18.3 Å². The number of nitrogens with zero attached hydrogens (tertiary/aromatic N) is 3. The van der Waals surface area contributed by atoms with E-state index in [1.54, 1.807) is 12.3 Å². The molecule has 4 nitrogen and oxygen atoms in total. The quantitative estimate of drug-likeness (QED) is 0.723. The number of carbonyl (C=O) groups is 1. The summed E-state index contributed by atoms with van der Waals surface area (Å²) in [6.07, 6.45) is 2.66. The van der Waals surface area contributed by atoms with Crippen molar-refractivity contribution in [3.8, 4) is 6.07 Å². The molecular weight excluding hydrogens is 226 g/mol. The third-order valence-corrected chi connectivity index (χ3v) is 2.77. The highest BCUT2D eigenvalue weighted by atomic mass is 16.1. The molecule has 0 fully saturated rings. The number of rotatable bonds is 6. The van der Waals surface area contributed by atoms with Crippen LogP contribution in [0.5, 0.6) is 0 Å². The van der Waals surface area contributed by atoms with E-state index in [1.807, 2.05) is 13.0 Å². The number of ketones is 1. The first kappa shape index (κ1) is 14.2. The zero-order valence-corrected chi connectivity index (χ0v) is 11.2. The van der Waals surface area contributed by atoms with Gasteiger partial charge < -0.3 is 4.90 Å². The Balaban J connectivity index is 2.87. The van der Waals surface area contributed by atoms with Gasteiger partial charge in [0, 0.05) is 19.0 Å². The molecule has 0 atom stereocenters. The molecule has 0 aliphatic rings. The second kappa shape index (κ2) is 6.75. The molecule has 1 heterocycles. The molecule has 1 aromatic rings. The molecule has 1 aromatic heterocycles. The van der Waals surface area contributed by atoms with Gasteiger partial charge in [-0.05, 0) is 26.0 Å². The minimum absolute atomic E-state index is 0.0506. The van der Waals surface area contributed by atoms with E-state index in [0.717, 1.165) is 5.69 Å². The van der Waals surface area contributed by atoms with E-state index in [1.165, 1.54) is 0 Å². The Morgan fingerprint density at radius 2 is 2.22 bits per heavy atom. The van der Waals surface area contributed by atoms with Gasteiger partial charge in [0.2, 0.25) is 0 Å². The maximum Gasteiger partial charge on any atom is 0.180 e. The van der Waals surface area contributed by atoms with Gasteiger partial charge in [0.1, 0.15) is 5.69 Å². The van der Waals surface area contributed by atoms with Crippen LogP contribution in [0, 0.1) is 11.3 Å². The Morgan fingerprint density at radius 1 is 1.50 bits per heavy atom. The predicted octanol–water partition coefficient (Wildman–Crippen LogP) is 2.80. The topological polar surface area (TPSA) is 57.0 Å². The Morgan fingerprint density at radius 3 is 2.67 bits per heavy atom. The molecule has 0 bridgehead atoms. The predicted molar refractivity (Wildman–Crippen MR) is 71.6 cm³/mol. The number of carbonyl (C=O) groups excluding carboxylic acids is 1. The van der Waals surface area contributed by atoms with Crippen molar-refractivity contribution in [3.05, 3.63) is 24.0 Å². The maximum absolute atomic E-state index is 11.5. The molecule has 0 radical (unpaired) electrons. The molecule has 0 saturated carbocycles. The van der Waals surface area contributed by atoms with E-state index >= 15 is 0 Å². The standard InChI is InChI=1S/C14H19N3O/c1-4-14(18)13-7-6-12(10-16-13)17(11(2)3)9-5-8-15/h6-7,10-11H,4-5,9H2,1-3H3. The van der Waals surface area contributed by atoms with Gasteiger partial charge in [-0.15, -0.1) is 0 Å². The third-order valence-electron chi connectivity index (χ3n) is 2.77. The van der Waals surface area contributed by atoms with Crippen molar-refractivity contribution in [2.75, 3.05) is 11.4 Å². The van der Waals surface area contributed by atoms with Crippen LogP contribution in [0.4, 0.5) is 5.69 Å². The summed E-state index contributed by atoms with van der Waals surface area (Å²) in [5, 5.41) is 8.66. The van der Waals surface area contributed by atoms with Gasteiger partial charge in [0.25, 0.3) is 0 Å². The number of nitriles is 1.